The lowest BCUT2D eigenvalue weighted by Gasteiger charge is -2.40. The Kier molecular flexibility index (Phi) is 5.10. The van der Waals surface area contributed by atoms with Crippen LogP contribution in [-0.4, -0.2) is 45.9 Å². The number of piperidine rings is 1. The predicted molar refractivity (Wildman–Crippen MR) is 90.1 cm³/mol. The van der Waals surface area contributed by atoms with E-state index in [1.165, 1.54) is 44.8 Å². The zero-order valence-corrected chi connectivity index (χ0v) is 13.9. The minimum atomic E-state index is -0.0852. The Balaban J connectivity index is 1.59. The Morgan fingerprint density at radius 2 is 2.04 bits per heavy atom. The van der Waals surface area contributed by atoms with Crippen molar-refractivity contribution in [2.24, 2.45) is 0 Å². The minimum absolute atomic E-state index is 0.0852. The van der Waals surface area contributed by atoms with Crippen molar-refractivity contribution in [1.82, 2.24) is 20.2 Å². The number of aryl methyl sites for hydroxylation is 1. The van der Waals surface area contributed by atoms with Crippen molar-refractivity contribution in [2.75, 3.05) is 18.8 Å². The summed E-state index contributed by atoms with van der Waals surface area (Å²) in [5, 5.41) is 3.16. The summed E-state index contributed by atoms with van der Waals surface area (Å²) in [6.07, 6.45) is 10.4. The molecular weight excluding hydrogens is 290 g/mol. The van der Waals surface area contributed by atoms with Gasteiger partial charge in [0, 0.05) is 24.8 Å². The van der Waals surface area contributed by atoms with Crippen molar-refractivity contribution in [3.63, 3.8) is 0 Å². The van der Waals surface area contributed by atoms with Gasteiger partial charge in [-0.1, -0.05) is 19.3 Å². The number of carbonyl (C=O) groups excluding carboxylic acids is 1. The van der Waals surface area contributed by atoms with Crippen LogP contribution in [0.1, 0.15) is 61.0 Å². The van der Waals surface area contributed by atoms with Crippen LogP contribution in [0.15, 0.2) is 6.20 Å². The first-order valence-electron chi connectivity index (χ1n) is 8.77. The molecule has 1 amide bonds. The van der Waals surface area contributed by atoms with Gasteiger partial charge in [-0.3, -0.25) is 9.69 Å². The summed E-state index contributed by atoms with van der Waals surface area (Å²) < 4.78 is 0. The molecule has 1 saturated heterocycles. The molecule has 2 fully saturated rings. The van der Waals surface area contributed by atoms with E-state index in [1.807, 2.05) is 0 Å². The van der Waals surface area contributed by atoms with Gasteiger partial charge in [0.15, 0.2) is 0 Å². The van der Waals surface area contributed by atoms with Crippen molar-refractivity contribution >= 4 is 11.9 Å². The second kappa shape index (κ2) is 7.25. The summed E-state index contributed by atoms with van der Waals surface area (Å²) in [7, 11) is 0. The monoisotopic (exact) mass is 317 g/mol. The average Bonchev–Trinajstić information content (AvgIpc) is 2.56. The molecule has 2 heterocycles. The van der Waals surface area contributed by atoms with Gasteiger partial charge in [-0.15, -0.1) is 0 Å². The number of nitrogens with one attached hydrogen (secondary N) is 1. The molecule has 6 nitrogen and oxygen atoms in total. The van der Waals surface area contributed by atoms with E-state index in [4.69, 9.17) is 5.73 Å². The van der Waals surface area contributed by atoms with Crippen LogP contribution >= 0.6 is 0 Å². The number of rotatable bonds is 3. The fourth-order valence-corrected chi connectivity index (χ4v) is 3.87. The molecule has 126 valence electrons. The fourth-order valence-electron chi connectivity index (χ4n) is 3.87. The van der Waals surface area contributed by atoms with Crippen LogP contribution in [-0.2, 0) is 0 Å². The van der Waals surface area contributed by atoms with Gasteiger partial charge in [0.05, 0.1) is 11.3 Å². The molecule has 3 rings (SSSR count). The highest BCUT2D eigenvalue weighted by molar-refractivity contribution is 5.95. The number of anilines is 1. The van der Waals surface area contributed by atoms with Crippen molar-refractivity contribution < 1.29 is 4.79 Å². The second-order valence-corrected chi connectivity index (χ2v) is 6.83. The highest BCUT2D eigenvalue weighted by atomic mass is 16.1. The SMILES string of the molecule is Cc1nc(N)ncc1C(=O)N[C@H]1CCCN(C2CCCCC2)C1. The lowest BCUT2D eigenvalue weighted by molar-refractivity contribution is 0.0834. The van der Waals surface area contributed by atoms with E-state index in [0.717, 1.165) is 19.4 Å². The normalized spacial score (nSPS) is 23.6. The second-order valence-electron chi connectivity index (χ2n) is 6.83. The minimum Gasteiger partial charge on any atom is -0.368 e. The largest absolute Gasteiger partial charge is 0.368 e. The number of amides is 1. The first-order valence-corrected chi connectivity index (χ1v) is 8.77. The summed E-state index contributed by atoms with van der Waals surface area (Å²) in [5.74, 6) is 0.123. The van der Waals surface area contributed by atoms with Crippen LogP contribution in [0.5, 0.6) is 0 Å². The molecular formula is C17H27N5O. The number of aromatic nitrogens is 2. The van der Waals surface area contributed by atoms with E-state index in [0.29, 0.717) is 17.3 Å². The third-order valence-electron chi connectivity index (χ3n) is 5.12. The van der Waals surface area contributed by atoms with E-state index in [1.54, 1.807) is 6.92 Å². The number of carbonyl (C=O) groups is 1. The molecule has 0 spiro atoms. The molecule has 23 heavy (non-hydrogen) atoms. The maximum Gasteiger partial charge on any atom is 0.254 e. The molecule has 0 aromatic carbocycles. The zero-order valence-electron chi connectivity index (χ0n) is 13.9. The van der Waals surface area contributed by atoms with Crippen molar-refractivity contribution in [2.45, 2.75) is 64.0 Å². The summed E-state index contributed by atoms with van der Waals surface area (Å²) in [4.78, 5) is 23.1. The number of nitrogens with zero attached hydrogens (tertiary/aromatic N) is 3. The number of likely N-dealkylation sites (tertiary alicyclic amines) is 1. The Bertz CT molecular complexity index is 556. The molecule has 1 aromatic rings. The number of nitrogens with two attached hydrogens (primary N) is 1. The van der Waals surface area contributed by atoms with Crippen LogP contribution in [0.25, 0.3) is 0 Å². The summed E-state index contributed by atoms with van der Waals surface area (Å²) in [5.41, 5.74) is 6.71. The van der Waals surface area contributed by atoms with E-state index >= 15 is 0 Å². The smallest absolute Gasteiger partial charge is 0.254 e. The van der Waals surface area contributed by atoms with Gasteiger partial charge in [-0.05, 0) is 39.2 Å². The van der Waals surface area contributed by atoms with Crippen molar-refractivity contribution in [1.29, 1.82) is 0 Å². The third-order valence-corrected chi connectivity index (χ3v) is 5.12. The van der Waals surface area contributed by atoms with Gasteiger partial charge in [0.2, 0.25) is 5.95 Å². The molecule has 1 aliphatic carbocycles. The fraction of sp³-hybridized carbons (Fsp3) is 0.706. The maximum absolute atomic E-state index is 12.5. The van der Waals surface area contributed by atoms with Gasteiger partial charge in [0.25, 0.3) is 5.91 Å². The van der Waals surface area contributed by atoms with Crippen LogP contribution in [0, 0.1) is 6.92 Å². The van der Waals surface area contributed by atoms with Crippen LogP contribution < -0.4 is 11.1 Å². The molecule has 0 bridgehead atoms. The van der Waals surface area contributed by atoms with E-state index < -0.39 is 0 Å². The van der Waals surface area contributed by atoms with Crippen molar-refractivity contribution in [3.8, 4) is 0 Å². The van der Waals surface area contributed by atoms with Gasteiger partial charge >= 0.3 is 0 Å². The molecule has 0 radical (unpaired) electrons. The molecule has 1 atom stereocenters. The van der Waals surface area contributed by atoms with E-state index in [2.05, 4.69) is 20.2 Å². The topological polar surface area (TPSA) is 84.1 Å². The van der Waals surface area contributed by atoms with Gasteiger partial charge in [0.1, 0.15) is 0 Å². The first-order chi connectivity index (χ1) is 11.1. The number of hydrogen-bond acceptors (Lipinski definition) is 5. The van der Waals surface area contributed by atoms with Crippen molar-refractivity contribution in [3.05, 3.63) is 17.5 Å². The van der Waals surface area contributed by atoms with Gasteiger partial charge in [-0.25, -0.2) is 9.97 Å². The highest BCUT2D eigenvalue weighted by Gasteiger charge is 2.28. The molecule has 0 unspecified atom stereocenters. The Morgan fingerprint density at radius 1 is 1.26 bits per heavy atom. The highest BCUT2D eigenvalue weighted by Crippen LogP contribution is 2.25. The first kappa shape index (κ1) is 16.2. The Hall–Kier alpha value is -1.69. The van der Waals surface area contributed by atoms with E-state index in [-0.39, 0.29) is 17.9 Å². The standard InChI is InChI=1S/C17H27N5O/c1-12-15(10-19-17(18)20-12)16(23)21-13-6-5-9-22(11-13)14-7-3-2-4-8-14/h10,13-14H,2-9,11H2,1H3,(H,21,23)(H2,18,19,20)/t13-/m0/s1. The maximum atomic E-state index is 12.5. The summed E-state index contributed by atoms with van der Waals surface area (Å²) in [6.45, 7) is 3.93. The molecule has 1 aromatic heterocycles. The number of hydrogen-bond donors (Lipinski definition) is 2. The average molecular weight is 317 g/mol. The van der Waals surface area contributed by atoms with E-state index in [9.17, 15) is 4.79 Å². The summed E-state index contributed by atoms with van der Waals surface area (Å²) >= 11 is 0. The molecule has 1 saturated carbocycles. The molecule has 3 N–H and O–H groups in total. The lowest BCUT2D eigenvalue weighted by Crippen LogP contribution is -2.51. The van der Waals surface area contributed by atoms with Crippen LogP contribution in [0.2, 0.25) is 0 Å². The van der Waals surface area contributed by atoms with Gasteiger partial charge < -0.3 is 11.1 Å². The number of nitrogen functional groups attached to an aromatic ring is 1. The zero-order chi connectivity index (χ0) is 16.2. The lowest BCUT2D eigenvalue weighted by atomic mass is 9.92. The predicted octanol–water partition coefficient (Wildman–Crippen LogP) is 1.89. The quantitative estimate of drug-likeness (QED) is 0.889. The Morgan fingerprint density at radius 3 is 2.78 bits per heavy atom. The third kappa shape index (κ3) is 3.99. The van der Waals surface area contributed by atoms with Crippen LogP contribution in [0.4, 0.5) is 5.95 Å². The van der Waals surface area contributed by atoms with Crippen LogP contribution in [0.3, 0.4) is 0 Å². The molecule has 6 heteroatoms. The Labute approximate surface area is 137 Å². The van der Waals surface area contributed by atoms with Gasteiger partial charge in [-0.2, -0.15) is 0 Å². The molecule has 1 aliphatic heterocycles. The summed E-state index contributed by atoms with van der Waals surface area (Å²) in [6, 6.07) is 0.931. The molecule has 2 aliphatic rings.